The van der Waals surface area contributed by atoms with E-state index in [2.05, 4.69) is 4.98 Å². The minimum atomic E-state index is -0.0666. The number of furan rings is 1. The standard InChI is InChI=1S/C22H14N2O2S3/c25-22-24(13-14-6-2-1-3-7-14)21(27)19(29-22)12-15-10-11-17(26-15)20-23-16-8-4-5-9-18(16)28-20/h1-12H,13H2. The fourth-order valence-electron chi connectivity index (χ4n) is 3.05. The first kappa shape index (κ1) is 18.3. The van der Waals surface area contributed by atoms with E-state index in [1.54, 1.807) is 16.2 Å². The highest BCUT2D eigenvalue weighted by Gasteiger charge is 2.31. The lowest BCUT2D eigenvalue weighted by atomic mass is 10.2. The number of hydrogen-bond acceptors (Lipinski definition) is 6. The molecule has 5 rings (SSSR count). The number of hydrogen-bond donors (Lipinski definition) is 0. The molecule has 0 spiro atoms. The van der Waals surface area contributed by atoms with E-state index in [1.165, 1.54) is 0 Å². The van der Waals surface area contributed by atoms with Gasteiger partial charge in [0.1, 0.15) is 10.7 Å². The second-order valence-corrected chi connectivity index (χ2v) is 8.85. The molecule has 142 valence electrons. The summed E-state index contributed by atoms with van der Waals surface area (Å²) in [5.41, 5.74) is 2.00. The summed E-state index contributed by atoms with van der Waals surface area (Å²) in [6.45, 7) is 0.470. The number of nitrogens with zero attached hydrogens (tertiary/aromatic N) is 2. The molecule has 0 bridgehead atoms. The van der Waals surface area contributed by atoms with Crippen LogP contribution in [0.15, 0.2) is 76.1 Å². The molecule has 2 aromatic carbocycles. The predicted molar refractivity (Wildman–Crippen MR) is 123 cm³/mol. The molecule has 1 fully saturated rings. The van der Waals surface area contributed by atoms with Gasteiger partial charge in [-0.15, -0.1) is 11.3 Å². The van der Waals surface area contributed by atoms with E-state index < -0.39 is 0 Å². The summed E-state index contributed by atoms with van der Waals surface area (Å²) in [4.78, 5) is 19.9. The van der Waals surface area contributed by atoms with Crippen molar-refractivity contribution in [2.75, 3.05) is 0 Å². The van der Waals surface area contributed by atoms with Gasteiger partial charge in [-0.1, -0.05) is 54.7 Å². The van der Waals surface area contributed by atoms with Gasteiger partial charge in [-0.2, -0.15) is 0 Å². The minimum absolute atomic E-state index is 0.0666. The zero-order valence-electron chi connectivity index (χ0n) is 15.1. The molecule has 0 N–H and O–H groups in total. The Hall–Kier alpha value is -2.74. The Morgan fingerprint density at radius 1 is 1.03 bits per heavy atom. The summed E-state index contributed by atoms with van der Waals surface area (Å²) in [5, 5.41) is 0.766. The van der Waals surface area contributed by atoms with Crippen LogP contribution in [0.5, 0.6) is 0 Å². The van der Waals surface area contributed by atoms with E-state index in [1.807, 2.05) is 72.8 Å². The number of amides is 1. The molecule has 1 amide bonds. The van der Waals surface area contributed by atoms with Gasteiger partial charge in [-0.05, 0) is 47.7 Å². The number of rotatable bonds is 4. The van der Waals surface area contributed by atoms with Gasteiger partial charge in [0.2, 0.25) is 0 Å². The van der Waals surface area contributed by atoms with Crippen LogP contribution >= 0.6 is 35.3 Å². The third-order valence-electron chi connectivity index (χ3n) is 4.46. The first-order chi connectivity index (χ1) is 14.2. The molecule has 0 saturated carbocycles. The largest absolute Gasteiger partial charge is 0.454 e. The van der Waals surface area contributed by atoms with Crippen molar-refractivity contribution < 1.29 is 9.21 Å². The van der Waals surface area contributed by atoms with Crippen molar-refractivity contribution in [1.82, 2.24) is 9.88 Å². The summed E-state index contributed by atoms with van der Waals surface area (Å²) in [7, 11) is 0. The van der Waals surface area contributed by atoms with Gasteiger partial charge in [-0.25, -0.2) is 4.98 Å². The highest BCUT2D eigenvalue weighted by molar-refractivity contribution is 8.19. The molecule has 4 nitrogen and oxygen atoms in total. The van der Waals surface area contributed by atoms with Crippen molar-refractivity contribution in [3.63, 3.8) is 0 Å². The summed E-state index contributed by atoms with van der Waals surface area (Å²) in [5.74, 6) is 1.36. The summed E-state index contributed by atoms with van der Waals surface area (Å²) in [6.07, 6.45) is 1.83. The molecular weight excluding hydrogens is 420 g/mol. The minimum Gasteiger partial charge on any atom is -0.454 e. The van der Waals surface area contributed by atoms with Crippen LogP contribution in [-0.2, 0) is 6.54 Å². The van der Waals surface area contributed by atoms with Crippen LogP contribution in [0.1, 0.15) is 11.3 Å². The molecule has 1 saturated heterocycles. The zero-order valence-corrected chi connectivity index (χ0v) is 17.5. The molecule has 4 aromatic rings. The number of benzene rings is 2. The molecule has 1 aliphatic rings. The van der Waals surface area contributed by atoms with E-state index in [4.69, 9.17) is 16.6 Å². The van der Waals surface area contributed by atoms with Crippen molar-refractivity contribution in [2.45, 2.75) is 6.54 Å². The van der Waals surface area contributed by atoms with Crippen LogP contribution in [0.3, 0.4) is 0 Å². The van der Waals surface area contributed by atoms with Gasteiger partial charge in [0.15, 0.2) is 10.8 Å². The summed E-state index contributed by atoms with van der Waals surface area (Å²) < 4.78 is 7.09. The van der Waals surface area contributed by atoms with Crippen LogP contribution in [0.2, 0.25) is 0 Å². The number of carbonyl (C=O) groups excluding carboxylic acids is 1. The highest BCUT2D eigenvalue weighted by Crippen LogP contribution is 2.36. The third kappa shape index (κ3) is 3.64. The number of fused-ring (bicyclic) bond motifs is 1. The Morgan fingerprint density at radius 2 is 1.83 bits per heavy atom. The second kappa shape index (κ2) is 7.59. The molecular formula is C22H14N2O2S3. The molecule has 7 heteroatoms. The Kier molecular flexibility index (Phi) is 4.79. The summed E-state index contributed by atoms with van der Waals surface area (Å²) in [6, 6.07) is 21.6. The molecule has 0 atom stereocenters. The van der Waals surface area contributed by atoms with Gasteiger partial charge < -0.3 is 4.42 Å². The first-order valence-electron chi connectivity index (χ1n) is 8.92. The fraction of sp³-hybridized carbons (Fsp3) is 0.0455. The maximum Gasteiger partial charge on any atom is 0.291 e. The molecule has 0 radical (unpaired) electrons. The van der Waals surface area contributed by atoms with E-state index in [0.717, 1.165) is 37.5 Å². The van der Waals surface area contributed by atoms with E-state index in [0.29, 0.717) is 23.1 Å². The third-order valence-corrected chi connectivity index (χ3v) is 7.01. The Bertz CT molecular complexity index is 1220. The molecule has 1 aliphatic heterocycles. The van der Waals surface area contributed by atoms with Crippen molar-refractivity contribution in [3.8, 4) is 10.8 Å². The average Bonchev–Trinajstić information content (AvgIpc) is 3.43. The Labute approximate surface area is 180 Å². The van der Waals surface area contributed by atoms with Crippen LogP contribution in [0.25, 0.3) is 27.1 Å². The normalized spacial score (nSPS) is 15.7. The molecule has 29 heavy (non-hydrogen) atoms. The van der Waals surface area contributed by atoms with Gasteiger partial charge in [-0.3, -0.25) is 9.69 Å². The summed E-state index contributed by atoms with van der Waals surface area (Å²) >= 11 is 8.27. The van der Waals surface area contributed by atoms with Gasteiger partial charge >= 0.3 is 0 Å². The number of thiocarbonyl (C=S) groups is 1. The van der Waals surface area contributed by atoms with Gasteiger partial charge in [0, 0.05) is 0 Å². The van der Waals surface area contributed by atoms with Crippen LogP contribution in [0, 0.1) is 0 Å². The maximum atomic E-state index is 12.4. The van der Waals surface area contributed by atoms with Crippen molar-refractivity contribution in [1.29, 1.82) is 0 Å². The van der Waals surface area contributed by atoms with Gasteiger partial charge in [0.25, 0.3) is 5.24 Å². The predicted octanol–water partition coefficient (Wildman–Crippen LogP) is 6.59. The topological polar surface area (TPSA) is 46.3 Å². The SMILES string of the molecule is O=C1SC(=Cc2ccc(-c3nc4ccccc4s3)o2)C(=S)N1Cc1ccccc1. The number of aromatic nitrogens is 1. The monoisotopic (exact) mass is 434 g/mol. The number of para-hydroxylation sites is 1. The molecule has 2 aromatic heterocycles. The zero-order chi connectivity index (χ0) is 19.8. The number of thiazole rings is 1. The molecule has 0 aliphatic carbocycles. The van der Waals surface area contributed by atoms with Crippen molar-refractivity contribution in [2.24, 2.45) is 0 Å². The van der Waals surface area contributed by atoms with Gasteiger partial charge in [0.05, 0.1) is 21.7 Å². The molecule has 3 heterocycles. The maximum absolute atomic E-state index is 12.4. The first-order valence-corrected chi connectivity index (χ1v) is 11.0. The highest BCUT2D eigenvalue weighted by atomic mass is 32.2. The Balaban J connectivity index is 1.38. The lowest BCUT2D eigenvalue weighted by Gasteiger charge is -2.14. The molecule has 0 unspecified atom stereocenters. The van der Waals surface area contributed by atoms with Crippen LogP contribution in [-0.4, -0.2) is 20.1 Å². The van der Waals surface area contributed by atoms with E-state index in [-0.39, 0.29) is 5.24 Å². The van der Waals surface area contributed by atoms with Crippen molar-refractivity contribution in [3.05, 3.63) is 83.0 Å². The second-order valence-electron chi connectivity index (χ2n) is 6.44. The fourth-order valence-corrected chi connectivity index (χ4v) is 5.20. The van der Waals surface area contributed by atoms with E-state index >= 15 is 0 Å². The average molecular weight is 435 g/mol. The van der Waals surface area contributed by atoms with E-state index in [9.17, 15) is 4.79 Å². The lowest BCUT2D eigenvalue weighted by molar-refractivity contribution is 0.244. The van der Waals surface area contributed by atoms with Crippen molar-refractivity contribution >= 4 is 61.8 Å². The number of carbonyl (C=O) groups is 1. The lowest BCUT2D eigenvalue weighted by Crippen LogP contribution is -2.26. The smallest absolute Gasteiger partial charge is 0.291 e. The van der Waals surface area contributed by atoms with Crippen LogP contribution < -0.4 is 0 Å². The Morgan fingerprint density at radius 3 is 2.66 bits per heavy atom. The number of thioether (sulfide) groups is 1. The quantitative estimate of drug-likeness (QED) is 0.268. The van der Waals surface area contributed by atoms with Crippen LogP contribution in [0.4, 0.5) is 4.79 Å².